The molecule has 26 heavy (non-hydrogen) atoms. The number of carbonyl (C=O) groups is 2. The van der Waals surface area contributed by atoms with Crippen molar-refractivity contribution < 1.29 is 9.59 Å². The minimum absolute atomic E-state index is 0.147. The topological polar surface area (TPSA) is 76.0 Å². The summed E-state index contributed by atoms with van der Waals surface area (Å²) < 4.78 is 2.56. The molecule has 3 rings (SSSR count). The largest absolute Gasteiger partial charge is 0.343 e. The second-order valence-corrected chi connectivity index (χ2v) is 6.70. The van der Waals surface area contributed by atoms with Crippen molar-refractivity contribution in [1.82, 2.24) is 14.9 Å². The van der Waals surface area contributed by atoms with Crippen LogP contribution in [0.25, 0.3) is 5.69 Å². The van der Waals surface area contributed by atoms with Gasteiger partial charge in [0.15, 0.2) is 0 Å². The summed E-state index contributed by atoms with van der Waals surface area (Å²) in [6.07, 6.45) is 5.06. The summed E-state index contributed by atoms with van der Waals surface area (Å²) in [6, 6.07) is 12.1. The molecule has 6 nitrogen and oxygen atoms in total. The summed E-state index contributed by atoms with van der Waals surface area (Å²) in [7, 11) is 0. The van der Waals surface area contributed by atoms with Crippen LogP contribution in [0.4, 0.5) is 5.69 Å². The third-order valence-electron chi connectivity index (χ3n) is 3.51. The molecule has 0 spiro atoms. The number of hydrogen-bond donors (Lipinski definition) is 2. The number of aromatic nitrogens is 2. The smallest absolute Gasteiger partial charge is 0.251 e. The molecule has 0 saturated heterocycles. The van der Waals surface area contributed by atoms with Gasteiger partial charge in [0.05, 0.1) is 23.6 Å². The number of benzene rings is 2. The van der Waals surface area contributed by atoms with Crippen LogP contribution in [0.5, 0.6) is 0 Å². The number of nitrogens with one attached hydrogen (secondary N) is 2. The first kappa shape index (κ1) is 18.2. The predicted molar refractivity (Wildman–Crippen MR) is 104 cm³/mol. The Morgan fingerprint density at radius 3 is 2.73 bits per heavy atom. The summed E-state index contributed by atoms with van der Waals surface area (Å²) in [5.41, 5.74) is 1.77. The number of hydrogen-bond acceptors (Lipinski definition) is 3. The molecule has 132 valence electrons. The molecule has 1 heterocycles. The molecule has 2 amide bonds. The zero-order valence-corrected chi connectivity index (χ0v) is 15.8. The molecule has 0 bridgehead atoms. The lowest BCUT2D eigenvalue weighted by Crippen LogP contribution is -2.32. The molecule has 2 N–H and O–H groups in total. The van der Waals surface area contributed by atoms with Crippen molar-refractivity contribution in [2.45, 2.75) is 0 Å². The maximum absolute atomic E-state index is 12.0. The van der Waals surface area contributed by atoms with Crippen LogP contribution in [0.15, 0.2) is 65.7 Å². The summed E-state index contributed by atoms with van der Waals surface area (Å²) in [6.45, 7) is -0.147. The molecule has 0 radical (unpaired) electrons. The number of amides is 2. The molecule has 0 unspecified atom stereocenters. The number of rotatable bonds is 5. The Kier molecular flexibility index (Phi) is 5.70. The van der Waals surface area contributed by atoms with E-state index >= 15 is 0 Å². The Morgan fingerprint density at radius 1 is 1.19 bits per heavy atom. The van der Waals surface area contributed by atoms with Gasteiger partial charge in [-0.3, -0.25) is 9.59 Å². The number of imidazole rings is 1. The average molecular weight is 434 g/mol. The van der Waals surface area contributed by atoms with Gasteiger partial charge in [-0.05, 0) is 36.4 Å². The van der Waals surface area contributed by atoms with Crippen molar-refractivity contribution >= 4 is 45.0 Å². The van der Waals surface area contributed by atoms with Crippen LogP contribution in [-0.2, 0) is 4.79 Å². The molecule has 0 aliphatic rings. The molecule has 0 saturated carbocycles. The fraction of sp³-hybridized carbons (Fsp3) is 0.0556. The lowest BCUT2D eigenvalue weighted by Gasteiger charge is -2.10. The van der Waals surface area contributed by atoms with Crippen LogP contribution in [0.3, 0.4) is 0 Å². The van der Waals surface area contributed by atoms with E-state index in [1.54, 1.807) is 59.7 Å². The second-order valence-electron chi connectivity index (χ2n) is 5.38. The molecule has 3 aromatic rings. The van der Waals surface area contributed by atoms with E-state index in [9.17, 15) is 9.59 Å². The summed E-state index contributed by atoms with van der Waals surface area (Å²) >= 11 is 9.56. The minimum atomic E-state index is -0.347. The number of carbonyl (C=O) groups excluding carboxylic acids is 2. The van der Waals surface area contributed by atoms with Gasteiger partial charge in [0.1, 0.15) is 0 Å². The van der Waals surface area contributed by atoms with E-state index in [2.05, 4.69) is 31.5 Å². The average Bonchev–Trinajstić information content (AvgIpc) is 3.14. The van der Waals surface area contributed by atoms with Crippen molar-refractivity contribution in [2.24, 2.45) is 0 Å². The number of nitrogens with zero attached hydrogens (tertiary/aromatic N) is 2. The van der Waals surface area contributed by atoms with E-state index < -0.39 is 0 Å². The van der Waals surface area contributed by atoms with Crippen molar-refractivity contribution in [1.29, 1.82) is 0 Å². The van der Waals surface area contributed by atoms with Crippen molar-refractivity contribution in [2.75, 3.05) is 11.9 Å². The Bertz CT molecular complexity index is 944. The Morgan fingerprint density at radius 2 is 2.04 bits per heavy atom. The minimum Gasteiger partial charge on any atom is -0.343 e. The first-order valence-corrected chi connectivity index (χ1v) is 8.81. The van der Waals surface area contributed by atoms with Crippen LogP contribution < -0.4 is 10.6 Å². The van der Waals surface area contributed by atoms with Gasteiger partial charge in [0, 0.05) is 28.1 Å². The first-order valence-electron chi connectivity index (χ1n) is 7.64. The lowest BCUT2D eigenvalue weighted by atomic mass is 10.2. The third-order valence-corrected chi connectivity index (χ3v) is 4.31. The SMILES string of the molecule is O=C(CNC(=O)c1cccc(Br)c1)Nc1ccc(-n2ccnc2)c(Cl)c1. The number of anilines is 1. The van der Waals surface area contributed by atoms with Crippen LogP contribution in [0.1, 0.15) is 10.4 Å². The van der Waals surface area contributed by atoms with Gasteiger partial charge in [-0.25, -0.2) is 4.98 Å². The highest BCUT2D eigenvalue weighted by molar-refractivity contribution is 9.10. The van der Waals surface area contributed by atoms with Gasteiger partial charge in [-0.1, -0.05) is 33.6 Å². The Balaban J connectivity index is 1.58. The Labute approximate surface area is 163 Å². The molecule has 1 aromatic heterocycles. The number of halogens is 2. The fourth-order valence-electron chi connectivity index (χ4n) is 2.29. The summed E-state index contributed by atoms with van der Waals surface area (Å²) in [5, 5.41) is 5.75. The molecular weight excluding hydrogens is 420 g/mol. The van der Waals surface area contributed by atoms with Gasteiger partial charge < -0.3 is 15.2 Å². The van der Waals surface area contributed by atoms with Crippen molar-refractivity contribution in [3.05, 3.63) is 76.2 Å². The molecule has 8 heteroatoms. The van der Waals surface area contributed by atoms with Gasteiger partial charge in [0.25, 0.3) is 5.91 Å². The molecule has 0 aliphatic heterocycles. The maximum atomic E-state index is 12.0. The van der Waals surface area contributed by atoms with Crippen LogP contribution in [-0.4, -0.2) is 27.9 Å². The third kappa shape index (κ3) is 4.50. The zero-order chi connectivity index (χ0) is 18.5. The van der Waals surface area contributed by atoms with E-state index in [1.165, 1.54) is 0 Å². The molecule has 0 aliphatic carbocycles. The fourth-order valence-corrected chi connectivity index (χ4v) is 2.97. The van der Waals surface area contributed by atoms with Crippen LogP contribution >= 0.6 is 27.5 Å². The van der Waals surface area contributed by atoms with E-state index in [1.807, 2.05) is 6.07 Å². The van der Waals surface area contributed by atoms with Crippen LogP contribution in [0, 0.1) is 0 Å². The van der Waals surface area contributed by atoms with Gasteiger partial charge in [-0.2, -0.15) is 0 Å². The highest BCUT2D eigenvalue weighted by atomic mass is 79.9. The summed E-state index contributed by atoms with van der Waals surface area (Å²) in [5.74, 6) is -0.672. The zero-order valence-electron chi connectivity index (χ0n) is 13.4. The molecular formula is C18H14BrClN4O2. The molecule has 2 aromatic carbocycles. The van der Waals surface area contributed by atoms with E-state index in [4.69, 9.17) is 11.6 Å². The predicted octanol–water partition coefficient (Wildman–Crippen LogP) is 3.66. The van der Waals surface area contributed by atoms with Gasteiger partial charge in [0.2, 0.25) is 5.91 Å². The molecule has 0 atom stereocenters. The second kappa shape index (κ2) is 8.16. The standard InChI is InChI=1S/C18H14BrClN4O2/c19-13-3-1-2-12(8-13)18(26)22-10-17(25)23-14-4-5-16(15(20)9-14)24-7-6-21-11-24/h1-9,11H,10H2,(H,22,26)(H,23,25). The van der Waals surface area contributed by atoms with Gasteiger partial charge >= 0.3 is 0 Å². The monoisotopic (exact) mass is 432 g/mol. The van der Waals surface area contributed by atoms with Gasteiger partial charge in [-0.15, -0.1) is 0 Å². The first-order chi connectivity index (χ1) is 12.5. The normalized spacial score (nSPS) is 10.4. The van der Waals surface area contributed by atoms with E-state index in [0.29, 0.717) is 16.3 Å². The van der Waals surface area contributed by atoms with E-state index in [-0.39, 0.29) is 18.4 Å². The van der Waals surface area contributed by atoms with Crippen molar-refractivity contribution in [3.8, 4) is 5.69 Å². The maximum Gasteiger partial charge on any atom is 0.251 e. The van der Waals surface area contributed by atoms with Crippen LogP contribution in [0.2, 0.25) is 5.02 Å². The summed E-state index contributed by atoms with van der Waals surface area (Å²) in [4.78, 5) is 28.1. The Hall–Kier alpha value is -2.64. The quantitative estimate of drug-likeness (QED) is 0.645. The highest BCUT2D eigenvalue weighted by Crippen LogP contribution is 2.24. The lowest BCUT2D eigenvalue weighted by molar-refractivity contribution is -0.115. The van der Waals surface area contributed by atoms with E-state index in [0.717, 1.165) is 10.2 Å². The highest BCUT2D eigenvalue weighted by Gasteiger charge is 2.10. The molecule has 0 fully saturated rings. The van der Waals surface area contributed by atoms with Crippen molar-refractivity contribution in [3.63, 3.8) is 0 Å².